The highest BCUT2D eigenvalue weighted by Gasteiger charge is 2.25. The van der Waals surface area contributed by atoms with Gasteiger partial charge in [-0.3, -0.25) is 4.72 Å². The predicted octanol–water partition coefficient (Wildman–Crippen LogP) is 4.61. The Bertz CT molecular complexity index is 1010. The highest BCUT2D eigenvalue weighted by atomic mass is 32.2. The summed E-state index contributed by atoms with van der Waals surface area (Å²) in [6.07, 6.45) is 4.97. The van der Waals surface area contributed by atoms with E-state index in [1.165, 1.54) is 30.7 Å². The number of oxazole rings is 1. The molecule has 130 valence electrons. The second kappa shape index (κ2) is 6.27. The molecule has 25 heavy (non-hydrogen) atoms. The zero-order chi connectivity index (χ0) is 17.4. The van der Waals surface area contributed by atoms with E-state index in [1.54, 1.807) is 18.3 Å². The molecule has 1 aromatic carbocycles. The Kier molecular flexibility index (Phi) is 4.09. The van der Waals surface area contributed by atoms with Gasteiger partial charge in [-0.15, -0.1) is 11.3 Å². The minimum Gasteiger partial charge on any atom is -0.440 e. The van der Waals surface area contributed by atoms with Crippen LogP contribution >= 0.6 is 11.3 Å². The number of hydrogen-bond donors (Lipinski definition) is 1. The van der Waals surface area contributed by atoms with E-state index in [9.17, 15) is 12.8 Å². The SMILES string of the molecule is O=S(=O)(Nc1ccccc1F)c1ccc(-c2cnc(C3CCC3)o2)s1. The zero-order valence-corrected chi connectivity index (χ0v) is 14.7. The summed E-state index contributed by atoms with van der Waals surface area (Å²) >= 11 is 1.06. The fourth-order valence-corrected chi connectivity index (χ4v) is 4.90. The zero-order valence-electron chi connectivity index (χ0n) is 13.1. The molecule has 0 unspecified atom stereocenters. The van der Waals surface area contributed by atoms with Crippen LogP contribution in [0.1, 0.15) is 31.1 Å². The van der Waals surface area contributed by atoms with Crippen molar-refractivity contribution in [2.45, 2.75) is 29.4 Å². The van der Waals surface area contributed by atoms with Crippen molar-refractivity contribution in [1.29, 1.82) is 0 Å². The normalized spacial score (nSPS) is 15.1. The number of anilines is 1. The van der Waals surface area contributed by atoms with Gasteiger partial charge < -0.3 is 4.42 Å². The van der Waals surface area contributed by atoms with Gasteiger partial charge >= 0.3 is 0 Å². The van der Waals surface area contributed by atoms with Crippen molar-refractivity contribution >= 4 is 27.0 Å². The molecule has 2 heterocycles. The Morgan fingerprint density at radius 2 is 2.00 bits per heavy atom. The molecule has 1 fully saturated rings. The van der Waals surface area contributed by atoms with Crippen LogP contribution < -0.4 is 4.72 Å². The molecule has 2 aromatic heterocycles. The van der Waals surface area contributed by atoms with Gasteiger partial charge in [0, 0.05) is 5.92 Å². The van der Waals surface area contributed by atoms with Crippen molar-refractivity contribution in [2.75, 3.05) is 4.72 Å². The van der Waals surface area contributed by atoms with Crippen LogP contribution in [-0.2, 0) is 10.0 Å². The number of sulfonamides is 1. The number of rotatable bonds is 5. The van der Waals surface area contributed by atoms with E-state index >= 15 is 0 Å². The van der Waals surface area contributed by atoms with Gasteiger partial charge in [-0.25, -0.2) is 17.8 Å². The lowest BCUT2D eigenvalue weighted by Gasteiger charge is -2.21. The van der Waals surface area contributed by atoms with Crippen molar-refractivity contribution in [1.82, 2.24) is 4.98 Å². The first kappa shape index (κ1) is 16.3. The summed E-state index contributed by atoms with van der Waals surface area (Å²) in [5.41, 5.74) is -0.0793. The molecule has 1 saturated carbocycles. The summed E-state index contributed by atoms with van der Waals surface area (Å²) in [7, 11) is -3.86. The van der Waals surface area contributed by atoms with Crippen molar-refractivity contribution in [3.63, 3.8) is 0 Å². The maximum atomic E-state index is 13.7. The third-order valence-corrected chi connectivity index (χ3v) is 7.14. The lowest BCUT2D eigenvalue weighted by Crippen LogP contribution is -2.12. The van der Waals surface area contributed by atoms with Crippen molar-refractivity contribution < 1.29 is 17.2 Å². The summed E-state index contributed by atoms with van der Waals surface area (Å²) in [5.74, 6) is 1.02. The topological polar surface area (TPSA) is 72.2 Å². The molecule has 0 bridgehead atoms. The van der Waals surface area contributed by atoms with Gasteiger partial charge in [0.25, 0.3) is 10.0 Å². The molecule has 4 rings (SSSR count). The van der Waals surface area contributed by atoms with E-state index in [-0.39, 0.29) is 9.90 Å². The van der Waals surface area contributed by atoms with E-state index < -0.39 is 15.8 Å². The number of benzene rings is 1. The number of hydrogen-bond acceptors (Lipinski definition) is 5. The molecule has 0 radical (unpaired) electrons. The van der Waals surface area contributed by atoms with Crippen LogP contribution in [0.3, 0.4) is 0 Å². The third kappa shape index (κ3) is 3.19. The van der Waals surface area contributed by atoms with E-state index in [4.69, 9.17) is 4.42 Å². The molecule has 1 aliphatic rings. The fourth-order valence-electron chi connectivity index (χ4n) is 2.58. The first-order valence-corrected chi connectivity index (χ1v) is 10.2. The average Bonchev–Trinajstić information content (AvgIpc) is 3.17. The van der Waals surface area contributed by atoms with E-state index in [1.807, 2.05) is 0 Å². The second-order valence-electron chi connectivity index (χ2n) is 5.89. The van der Waals surface area contributed by atoms with Gasteiger partial charge in [-0.1, -0.05) is 18.6 Å². The number of aromatic nitrogens is 1. The molecular formula is C17H15FN2O3S2. The van der Waals surface area contributed by atoms with Gasteiger partial charge in [0.05, 0.1) is 16.8 Å². The van der Waals surface area contributed by atoms with Gasteiger partial charge in [0.1, 0.15) is 10.0 Å². The van der Waals surface area contributed by atoms with E-state index in [0.717, 1.165) is 24.2 Å². The monoisotopic (exact) mass is 378 g/mol. The first-order valence-electron chi connectivity index (χ1n) is 7.86. The summed E-state index contributed by atoms with van der Waals surface area (Å²) < 4.78 is 46.7. The second-order valence-corrected chi connectivity index (χ2v) is 8.89. The molecule has 0 atom stereocenters. The number of nitrogens with one attached hydrogen (secondary N) is 1. The smallest absolute Gasteiger partial charge is 0.271 e. The van der Waals surface area contributed by atoms with Crippen LogP contribution in [0.25, 0.3) is 10.6 Å². The largest absolute Gasteiger partial charge is 0.440 e. The standard InChI is InChI=1S/C17H15FN2O3S2/c18-12-6-1-2-7-13(12)20-25(21,22)16-9-8-15(24-16)14-10-19-17(23-14)11-4-3-5-11/h1-2,6-11,20H,3-5H2. The van der Waals surface area contributed by atoms with Gasteiger partial charge in [0.15, 0.2) is 11.7 Å². The summed E-state index contributed by atoms with van der Waals surface area (Å²) in [5, 5.41) is 0. The molecular weight excluding hydrogens is 363 g/mol. The lowest BCUT2D eigenvalue weighted by atomic mass is 9.85. The van der Waals surface area contributed by atoms with Crippen molar-refractivity contribution in [3.05, 3.63) is 54.3 Å². The molecule has 3 aromatic rings. The van der Waals surface area contributed by atoms with Gasteiger partial charge in [0.2, 0.25) is 0 Å². The van der Waals surface area contributed by atoms with Crippen LogP contribution in [0, 0.1) is 5.82 Å². The van der Waals surface area contributed by atoms with Gasteiger partial charge in [-0.05, 0) is 37.1 Å². The van der Waals surface area contributed by atoms with E-state index in [2.05, 4.69) is 9.71 Å². The fraction of sp³-hybridized carbons (Fsp3) is 0.235. The quantitative estimate of drug-likeness (QED) is 0.704. The van der Waals surface area contributed by atoms with Crippen LogP contribution in [0.5, 0.6) is 0 Å². The lowest BCUT2D eigenvalue weighted by molar-refractivity contribution is 0.338. The average molecular weight is 378 g/mol. The maximum Gasteiger partial charge on any atom is 0.271 e. The number of nitrogens with zero attached hydrogens (tertiary/aromatic N) is 1. The highest BCUT2D eigenvalue weighted by Crippen LogP contribution is 2.38. The number of thiophene rings is 1. The predicted molar refractivity (Wildman–Crippen MR) is 93.6 cm³/mol. The molecule has 8 heteroatoms. The Labute approximate surface area is 148 Å². The maximum absolute atomic E-state index is 13.7. The molecule has 1 N–H and O–H groups in total. The molecule has 0 amide bonds. The van der Waals surface area contributed by atoms with E-state index in [0.29, 0.717) is 22.4 Å². The van der Waals surface area contributed by atoms with Crippen molar-refractivity contribution in [3.8, 4) is 10.6 Å². The Morgan fingerprint density at radius 3 is 2.72 bits per heavy atom. The minimum atomic E-state index is -3.86. The molecule has 0 spiro atoms. The van der Waals surface area contributed by atoms with Crippen LogP contribution in [0.4, 0.5) is 10.1 Å². The Morgan fingerprint density at radius 1 is 1.20 bits per heavy atom. The van der Waals surface area contributed by atoms with Gasteiger partial charge in [-0.2, -0.15) is 0 Å². The molecule has 0 saturated heterocycles. The highest BCUT2D eigenvalue weighted by molar-refractivity contribution is 7.94. The Balaban J connectivity index is 1.57. The minimum absolute atomic E-state index is 0.0793. The third-order valence-electron chi connectivity index (χ3n) is 4.19. The van der Waals surface area contributed by atoms with Crippen LogP contribution in [0.15, 0.2) is 51.2 Å². The number of halogens is 1. The summed E-state index contributed by atoms with van der Waals surface area (Å²) in [4.78, 5) is 4.96. The summed E-state index contributed by atoms with van der Waals surface area (Å²) in [6, 6.07) is 8.80. The molecule has 5 nitrogen and oxygen atoms in total. The van der Waals surface area contributed by atoms with Crippen molar-refractivity contribution in [2.24, 2.45) is 0 Å². The number of para-hydroxylation sites is 1. The van der Waals surface area contributed by atoms with Crippen LogP contribution in [0.2, 0.25) is 0 Å². The summed E-state index contributed by atoms with van der Waals surface area (Å²) in [6.45, 7) is 0. The first-order chi connectivity index (χ1) is 12.0. The molecule has 0 aliphatic heterocycles. The van der Waals surface area contributed by atoms with Crippen LogP contribution in [-0.4, -0.2) is 13.4 Å². The molecule has 1 aliphatic carbocycles. The Hall–Kier alpha value is -2.19.